The molecule has 1 aromatic carbocycles. The lowest BCUT2D eigenvalue weighted by atomic mass is 10.1. The molecule has 0 bridgehead atoms. The van der Waals surface area contributed by atoms with Crippen LogP contribution in [0.5, 0.6) is 5.75 Å². The third-order valence-electron chi connectivity index (χ3n) is 4.27. The van der Waals surface area contributed by atoms with Crippen LogP contribution in [-0.4, -0.2) is 28.4 Å². The molecule has 0 aliphatic heterocycles. The van der Waals surface area contributed by atoms with E-state index in [0.717, 1.165) is 18.5 Å². The van der Waals surface area contributed by atoms with Gasteiger partial charge in [-0.2, -0.15) is 8.78 Å². The number of nitrogens with zero attached hydrogens (tertiary/aromatic N) is 2. The second-order valence-electron chi connectivity index (χ2n) is 6.16. The van der Waals surface area contributed by atoms with Gasteiger partial charge in [-0.15, -0.1) is 0 Å². The van der Waals surface area contributed by atoms with Gasteiger partial charge in [-0.3, -0.25) is 9.78 Å². The maximum Gasteiger partial charge on any atom is 0.387 e. The Balaban J connectivity index is 1.78. The number of hydrogen-bond acceptors (Lipinski definition) is 3. The number of aromatic nitrogens is 1. The molecule has 0 radical (unpaired) electrons. The first-order chi connectivity index (χ1) is 12.6. The van der Waals surface area contributed by atoms with Crippen LogP contribution in [0.4, 0.5) is 8.78 Å². The Morgan fingerprint density at radius 2 is 1.96 bits per heavy atom. The van der Waals surface area contributed by atoms with Crippen LogP contribution in [0.2, 0.25) is 0 Å². The summed E-state index contributed by atoms with van der Waals surface area (Å²) in [6.45, 7) is -0.965. The van der Waals surface area contributed by atoms with E-state index >= 15 is 0 Å². The van der Waals surface area contributed by atoms with Crippen LogP contribution in [0, 0.1) is 0 Å². The quantitative estimate of drug-likeness (QED) is 0.687. The highest BCUT2D eigenvalue weighted by atomic mass is 19.3. The fraction of sp³-hybridized carbons (Fsp3) is 0.300. The summed E-state index contributed by atoms with van der Waals surface area (Å²) in [4.78, 5) is 18.9. The number of para-hydroxylation sites is 1. The van der Waals surface area contributed by atoms with E-state index in [4.69, 9.17) is 0 Å². The van der Waals surface area contributed by atoms with Crippen LogP contribution in [0.3, 0.4) is 0 Å². The van der Waals surface area contributed by atoms with Crippen molar-refractivity contribution < 1.29 is 18.3 Å². The highest BCUT2D eigenvalue weighted by molar-refractivity contribution is 5.92. The van der Waals surface area contributed by atoms with Gasteiger partial charge in [0.05, 0.1) is 11.7 Å². The zero-order valence-corrected chi connectivity index (χ0v) is 14.4. The van der Waals surface area contributed by atoms with Crippen LogP contribution in [0.25, 0.3) is 6.08 Å². The van der Waals surface area contributed by atoms with Gasteiger partial charge in [0.15, 0.2) is 0 Å². The summed E-state index contributed by atoms with van der Waals surface area (Å²) in [6.07, 6.45) is 6.55. The van der Waals surface area contributed by atoms with Gasteiger partial charge in [0.2, 0.25) is 5.91 Å². The van der Waals surface area contributed by atoms with Gasteiger partial charge < -0.3 is 9.64 Å². The molecule has 1 amide bonds. The van der Waals surface area contributed by atoms with Gasteiger partial charge in [-0.1, -0.05) is 24.3 Å². The standard InChI is InChI=1S/C20H20F2N2O2/c1-14(17-7-4-5-13-23-17)24(16-10-11-16)19(25)12-9-15-6-2-3-8-18(15)26-20(21)22/h2-9,12-14,16,20H,10-11H2,1H3/b12-9+. The lowest BCUT2D eigenvalue weighted by Crippen LogP contribution is -2.34. The van der Waals surface area contributed by atoms with E-state index in [0.29, 0.717) is 5.56 Å². The Morgan fingerprint density at radius 1 is 1.23 bits per heavy atom. The molecule has 6 heteroatoms. The van der Waals surface area contributed by atoms with Gasteiger partial charge in [-0.25, -0.2) is 0 Å². The summed E-state index contributed by atoms with van der Waals surface area (Å²) in [5.74, 6) is -0.125. The Morgan fingerprint density at radius 3 is 2.62 bits per heavy atom. The number of carbonyl (C=O) groups is 1. The first-order valence-electron chi connectivity index (χ1n) is 8.51. The predicted octanol–water partition coefficient (Wildman–Crippen LogP) is 4.45. The average Bonchev–Trinajstić information content (AvgIpc) is 3.46. The molecule has 136 valence electrons. The molecule has 1 unspecified atom stereocenters. The van der Waals surface area contributed by atoms with E-state index in [1.165, 1.54) is 18.2 Å². The zero-order chi connectivity index (χ0) is 18.5. The van der Waals surface area contributed by atoms with Crippen molar-refractivity contribution >= 4 is 12.0 Å². The SMILES string of the molecule is CC(c1ccccn1)N(C(=O)/C=C/c1ccccc1OC(F)F)C1CC1. The Bertz CT molecular complexity index is 776. The Kier molecular flexibility index (Phi) is 5.61. The van der Waals surface area contributed by atoms with Crippen molar-refractivity contribution in [1.29, 1.82) is 0 Å². The van der Waals surface area contributed by atoms with Gasteiger partial charge >= 0.3 is 6.61 Å². The second kappa shape index (κ2) is 8.08. The third kappa shape index (κ3) is 4.45. The molecule has 1 aliphatic carbocycles. The van der Waals surface area contributed by atoms with E-state index in [-0.39, 0.29) is 23.7 Å². The van der Waals surface area contributed by atoms with E-state index < -0.39 is 6.61 Å². The molecule has 1 aliphatic rings. The van der Waals surface area contributed by atoms with Gasteiger partial charge in [0.1, 0.15) is 5.75 Å². The Hall–Kier alpha value is -2.76. The van der Waals surface area contributed by atoms with Crippen molar-refractivity contribution in [1.82, 2.24) is 9.88 Å². The van der Waals surface area contributed by atoms with Gasteiger partial charge in [0, 0.05) is 23.9 Å². The molecule has 1 fully saturated rings. The first-order valence-corrected chi connectivity index (χ1v) is 8.51. The number of carbonyl (C=O) groups excluding carboxylic acids is 1. The highest BCUT2D eigenvalue weighted by Gasteiger charge is 2.35. The van der Waals surface area contributed by atoms with Gasteiger partial charge in [-0.05, 0) is 44.0 Å². The minimum Gasteiger partial charge on any atom is -0.434 e. The summed E-state index contributed by atoms with van der Waals surface area (Å²) in [7, 11) is 0. The number of hydrogen-bond donors (Lipinski definition) is 0. The molecule has 1 atom stereocenters. The lowest BCUT2D eigenvalue weighted by molar-refractivity contribution is -0.128. The molecule has 26 heavy (non-hydrogen) atoms. The number of alkyl halides is 2. The third-order valence-corrected chi connectivity index (χ3v) is 4.27. The molecule has 1 saturated carbocycles. The summed E-state index contributed by atoms with van der Waals surface area (Å²) in [5, 5.41) is 0. The topological polar surface area (TPSA) is 42.4 Å². The molecule has 4 nitrogen and oxygen atoms in total. The molecule has 1 aromatic heterocycles. The largest absolute Gasteiger partial charge is 0.434 e. The smallest absolute Gasteiger partial charge is 0.387 e. The fourth-order valence-corrected chi connectivity index (χ4v) is 2.87. The molecule has 1 heterocycles. The van der Waals surface area contributed by atoms with Crippen LogP contribution in [0.15, 0.2) is 54.7 Å². The van der Waals surface area contributed by atoms with Crippen LogP contribution in [-0.2, 0) is 4.79 Å². The van der Waals surface area contributed by atoms with Crippen molar-refractivity contribution in [2.24, 2.45) is 0 Å². The van der Waals surface area contributed by atoms with Crippen molar-refractivity contribution in [3.8, 4) is 5.75 Å². The average molecular weight is 358 g/mol. The number of rotatable bonds is 7. The van der Waals surface area contributed by atoms with Crippen molar-refractivity contribution in [3.05, 3.63) is 66.0 Å². The monoisotopic (exact) mass is 358 g/mol. The fourth-order valence-electron chi connectivity index (χ4n) is 2.87. The predicted molar refractivity (Wildman–Crippen MR) is 94.6 cm³/mol. The summed E-state index contributed by atoms with van der Waals surface area (Å²) >= 11 is 0. The number of ether oxygens (including phenoxy) is 1. The number of halogens is 2. The van der Waals surface area contributed by atoms with Crippen LogP contribution in [0.1, 0.15) is 37.1 Å². The highest BCUT2D eigenvalue weighted by Crippen LogP contribution is 2.34. The van der Waals surface area contributed by atoms with Crippen LogP contribution >= 0.6 is 0 Å². The molecule has 0 N–H and O–H groups in total. The van der Waals surface area contributed by atoms with Crippen LogP contribution < -0.4 is 4.74 Å². The summed E-state index contributed by atoms with van der Waals surface area (Å²) in [6, 6.07) is 12.0. The molecular weight excluding hydrogens is 338 g/mol. The lowest BCUT2D eigenvalue weighted by Gasteiger charge is -2.28. The number of amides is 1. The van der Waals surface area contributed by atoms with Crippen molar-refractivity contribution in [3.63, 3.8) is 0 Å². The molecule has 0 spiro atoms. The van der Waals surface area contributed by atoms with Gasteiger partial charge in [0.25, 0.3) is 0 Å². The first kappa shape index (κ1) is 18.0. The zero-order valence-electron chi connectivity index (χ0n) is 14.4. The van der Waals surface area contributed by atoms with Crippen molar-refractivity contribution in [2.45, 2.75) is 38.5 Å². The summed E-state index contributed by atoms with van der Waals surface area (Å²) < 4.78 is 29.5. The maximum absolute atomic E-state index is 12.8. The Labute approximate surface area is 151 Å². The van der Waals surface area contributed by atoms with E-state index in [1.807, 2.05) is 25.1 Å². The summed E-state index contributed by atoms with van der Waals surface area (Å²) in [5.41, 5.74) is 1.25. The number of benzene rings is 1. The second-order valence-corrected chi connectivity index (χ2v) is 6.16. The number of pyridine rings is 1. The molecule has 0 saturated heterocycles. The molecule has 3 rings (SSSR count). The minimum atomic E-state index is -2.91. The normalized spacial score (nSPS) is 15.2. The van der Waals surface area contributed by atoms with E-state index in [1.54, 1.807) is 29.3 Å². The van der Waals surface area contributed by atoms with E-state index in [9.17, 15) is 13.6 Å². The van der Waals surface area contributed by atoms with E-state index in [2.05, 4.69) is 9.72 Å². The van der Waals surface area contributed by atoms with Crippen molar-refractivity contribution in [2.75, 3.05) is 0 Å². The maximum atomic E-state index is 12.8. The minimum absolute atomic E-state index is 0.0438. The molecular formula is C20H20F2N2O2. The molecule has 2 aromatic rings.